The predicted octanol–water partition coefficient (Wildman–Crippen LogP) is 1.01. The molecule has 3 N–H and O–H groups in total. The minimum Gasteiger partial charge on any atom is -0.478 e. The molecule has 0 saturated carbocycles. The van der Waals surface area contributed by atoms with E-state index in [4.69, 9.17) is 10.8 Å². The number of amides is 1. The number of rotatable bonds is 3. The van der Waals surface area contributed by atoms with Crippen LogP contribution in [0.3, 0.4) is 0 Å². The molecule has 19 heavy (non-hydrogen) atoms. The van der Waals surface area contributed by atoms with Crippen LogP contribution in [0.4, 0.5) is 0 Å². The van der Waals surface area contributed by atoms with Crippen molar-refractivity contribution in [2.45, 2.75) is 32.4 Å². The summed E-state index contributed by atoms with van der Waals surface area (Å²) in [5, 5.41) is 9.14. The van der Waals surface area contributed by atoms with E-state index in [0.29, 0.717) is 31.5 Å². The molecule has 5 nitrogen and oxygen atoms in total. The molecule has 0 spiro atoms. The summed E-state index contributed by atoms with van der Waals surface area (Å²) >= 11 is 0. The Kier molecular flexibility index (Phi) is 3.85. The Bertz CT molecular complexity index is 513. The van der Waals surface area contributed by atoms with Crippen molar-refractivity contribution in [3.05, 3.63) is 34.9 Å². The lowest BCUT2D eigenvalue weighted by Gasteiger charge is -2.31. The summed E-state index contributed by atoms with van der Waals surface area (Å²) in [5.74, 6) is -0.976. The molecule has 1 atom stereocenters. The zero-order valence-electron chi connectivity index (χ0n) is 10.9. The van der Waals surface area contributed by atoms with E-state index >= 15 is 0 Å². The van der Waals surface area contributed by atoms with Gasteiger partial charge in [-0.05, 0) is 30.0 Å². The smallest absolute Gasteiger partial charge is 0.335 e. The fourth-order valence-corrected chi connectivity index (χ4v) is 2.41. The lowest BCUT2D eigenvalue weighted by Crippen LogP contribution is -2.45. The second-order valence-electron chi connectivity index (χ2n) is 4.77. The highest BCUT2D eigenvalue weighted by atomic mass is 16.4. The van der Waals surface area contributed by atoms with Gasteiger partial charge in [0, 0.05) is 13.1 Å². The third-order valence-corrected chi connectivity index (χ3v) is 3.57. The summed E-state index contributed by atoms with van der Waals surface area (Å²) in [4.78, 5) is 24.9. The Balaban J connectivity index is 2.24. The van der Waals surface area contributed by atoms with Gasteiger partial charge in [-0.1, -0.05) is 19.1 Å². The van der Waals surface area contributed by atoms with Gasteiger partial charge < -0.3 is 15.7 Å². The van der Waals surface area contributed by atoms with Gasteiger partial charge in [0.15, 0.2) is 0 Å². The average Bonchev–Trinajstić information content (AvgIpc) is 2.44. The van der Waals surface area contributed by atoms with Gasteiger partial charge >= 0.3 is 5.97 Å². The quantitative estimate of drug-likeness (QED) is 0.851. The number of nitrogens with zero attached hydrogens (tertiary/aromatic N) is 1. The van der Waals surface area contributed by atoms with Crippen molar-refractivity contribution in [1.82, 2.24) is 4.90 Å². The molecule has 1 unspecified atom stereocenters. The molecule has 2 rings (SSSR count). The predicted molar refractivity (Wildman–Crippen MR) is 70.8 cm³/mol. The van der Waals surface area contributed by atoms with Crippen molar-refractivity contribution >= 4 is 11.9 Å². The fourth-order valence-electron chi connectivity index (χ4n) is 2.41. The van der Waals surface area contributed by atoms with E-state index in [9.17, 15) is 9.59 Å². The Morgan fingerprint density at radius 2 is 2.21 bits per heavy atom. The third kappa shape index (κ3) is 2.61. The Morgan fingerprint density at radius 3 is 2.84 bits per heavy atom. The van der Waals surface area contributed by atoms with E-state index < -0.39 is 12.0 Å². The molecule has 1 aliphatic heterocycles. The number of aromatic carboxylic acids is 1. The second kappa shape index (κ2) is 5.40. The molecule has 102 valence electrons. The van der Waals surface area contributed by atoms with E-state index in [1.807, 2.05) is 13.0 Å². The maximum Gasteiger partial charge on any atom is 0.335 e. The number of hydrogen-bond donors (Lipinski definition) is 2. The first-order valence-electron chi connectivity index (χ1n) is 6.43. The van der Waals surface area contributed by atoms with Crippen molar-refractivity contribution in [2.75, 3.05) is 6.54 Å². The van der Waals surface area contributed by atoms with Gasteiger partial charge in [0.05, 0.1) is 11.6 Å². The van der Waals surface area contributed by atoms with Crippen LogP contribution < -0.4 is 5.73 Å². The molecule has 1 aliphatic rings. The summed E-state index contributed by atoms with van der Waals surface area (Å²) < 4.78 is 0. The maximum absolute atomic E-state index is 12.0. The van der Waals surface area contributed by atoms with Crippen molar-refractivity contribution < 1.29 is 14.7 Å². The molecule has 5 heteroatoms. The monoisotopic (exact) mass is 262 g/mol. The Labute approximate surface area is 112 Å². The van der Waals surface area contributed by atoms with Crippen LogP contribution in [0, 0.1) is 0 Å². The second-order valence-corrected chi connectivity index (χ2v) is 4.77. The molecule has 1 aromatic carbocycles. The number of fused-ring (bicyclic) bond motifs is 1. The summed E-state index contributed by atoms with van der Waals surface area (Å²) in [6.07, 6.45) is 1.18. The highest BCUT2D eigenvalue weighted by Gasteiger charge is 2.26. The van der Waals surface area contributed by atoms with E-state index in [-0.39, 0.29) is 5.91 Å². The SMILES string of the molecule is CCC(N)C(=O)N1CCc2c(cccc2C(=O)O)C1. The number of hydrogen-bond acceptors (Lipinski definition) is 3. The highest BCUT2D eigenvalue weighted by molar-refractivity contribution is 5.90. The molecule has 0 radical (unpaired) electrons. The van der Waals surface area contributed by atoms with Gasteiger partial charge in [-0.3, -0.25) is 4.79 Å². The van der Waals surface area contributed by atoms with E-state index in [1.165, 1.54) is 0 Å². The first kappa shape index (κ1) is 13.5. The van der Waals surface area contributed by atoms with Crippen molar-refractivity contribution in [1.29, 1.82) is 0 Å². The van der Waals surface area contributed by atoms with Crippen LogP contribution >= 0.6 is 0 Å². The summed E-state index contributed by atoms with van der Waals surface area (Å²) in [6.45, 7) is 2.86. The number of carbonyl (C=O) groups is 2. The molecule has 0 fully saturated rings. The zero-order valence-corrected chi connectivity index (χ0v) is 10.9. The van der Waals surface area contributed by atoms with E-state index in [1.54, 1.807) is 17.0 Å². The number of benzene rings is 1. The largest absolute Gasteiger partial charge is 0.478 e. The average molecular weight is 262 g/mol. The lowest BCUT2D eigenvalue weighted by atomic mass is 9.94. The van der Waals surface area contributed by atoms with Gasteiger partial charge in [0.25, 0.3) is 0 Å². The molecular formula is C14H18N2O3. The lowest BCUT2D eigenvalue weighted by molar-refractivity contribution is -0.133. The third-order valence-electron chi connectivity index (χ3n) is 3.57. The summed E-state index contributed by atoms with van der Waals surface area (Å²) in [5.41, 5.74) is 7.84. The summed E-state index contributed by atoms with van der Waals surface area (Å²) in [6, 6.07) is 4.73. The normalized spacial score (nSPS) is 15.8. The van der Waals surface area contributed by atoms with Crippen molar-refractivity contribution in [3.8, 4) is 0 Å². The first-order chi connectivity index (χ1) is 9.04. The number of carboxylic acids is 1. The highest BCUT2D eigenvalue weighted by Crippen LogP contribution is 2.23. The van der Waals surface area contributed by atoms with Crippen LogP contribution in [-0.2, 0) is 17.8 Å². The molecule has 0 saturated heterocycles. The molecular weight excluding hydrogens is 244 g/mol. The topological polar surface area (TPSA) is 83.6 Å². The van der Waals surface area contributed by atoms with E-state index in [2.05, 4.69) is 0 Å². The van der Waals surface area contributed by atoms with Gasteiger partial charge in [0.1, 0.15) is 0 Å². The van der Waals surface area contributed by atoms with Crippen LogP contribution in [0.25, 0.3) is 0 Å². The van der Waals surface area contributed by atoms with Crippen LogP contribution in [0.1, 0.15) is 34.8 Å². The minimum absolute atomic E-state index is 0.0612. The Hall–Kier alpha value is -1.88. The van der Waals surface area contributed by atoms with Crippen LogP contribution in [0.5, 0.6) is 0 Å². The fraction of sp³-hybridized carbons (Fsp3) is 0.429. The van der Waals surface area contributed by atoms with Crippen LogP contribution in [0.2, 0.25) is 0 Å². The van der Waals surface area contributed by atoms with Gasteiger partial charge in [-0.15, -0.1) is 0 Å². The zero-order chi connectivity index (χ0) is 14.0. The van der Waals surface area contributed by atoms with Gasteiger partial charge in [-0.25, -0.2) is 4.79 Å². The standard InChI is InChI=1S/C14H18N2O3/c1-2-12(15)13(17)16-7-6-10-9(8-16)4-3-5-11(10)14(18)19/h3-5,12H,2,6-8,15H2,1H3,(H,18,19). The molecule has 1 aromatic rings. The summed E-state index contributed by atoms with van der Waals surface area (Å²) in [7, 11) is 0. The van der Waals surface area contributed by atoms with Gasteiger partial charge in [0.2, 0.25) is 5.91 Å². The van der Waals surface area contributed by atoms with E-state index in [0.717, 1.165) is 11.1 Å². The van der Waals surface area contributed by atoms with Gasteiger partial charge in [-0.2, -0.15) is 0 Å². The van der Waals surface area contributed by atoms with Crippen molar-refractivity contribution in [2.24, 2.45) is 5.73 Å². The number of nitrogens with two attached hydrogens (primary N) is 1. The van der Waals surface area contributed by atoms with Crippen LogP contribution in [0.15, 0.2) is 18.2 Å². The first-order valence-corrected chi connectivity index (χ1v) is 6.43. The maximum atomic E-state index is 12.0. The number of carboxylic acid groups (broad SMARTS) is 1. The molecule has 1 amide bonds. The van der Waals surface area contributed by atoms with Crippen LogP contribution in [-0.4, -0.2) is 34.5 Å². The minimum atomic E-state index is -0.915. The molecule has 0 bridgehead atoms. The number of carbonyl (C=O) groups excluding carboxylic acids is 1. The van der Waals surface area contributed by atoms with Crippen molar-refractivity contribution in [3.63, 3.8) is 0 Å². The molecule has 0 aliphatic carbocycles. The Morgan fingerprint density at radius 1 is 1.47 bits per heavy atom. The molecule has 0 aromatic heterocycles. The molecule has 1 heterocycles.